The van der Waals surface area contributed by atoms with Crippen molar-refractivity contribution in [1.29, 1.82) is 0 Å². The number of rotatable bonds is 10. The summed E-state index contributed by atoms with van der Waals surface area (Å²) in [5.74, 6) is 3.18. The van der Waals surface area contributed by atoms with Gasteiger partial charge in [0.15, 0.2) is 0 Å². The van der Waals surface area contributed by atoms with Crippen molar-refractivity contribution in [3.05, 3.63) is 29.3 Å². The molecule has 114 valence electrons. The van der Waals surface area contributed by atoms with Crippen molar-refractivity contribution in [3.8, 4) is 5.75 Å². The summed E-state index contributed by atoms with van der Waals surface area (Å²) in [6.45, 7) is 8.78. The highest BCUT2D eigenvalue weighted by atomic mass is 32.2. The first-order valence-electron chi connectivity index (χ1n) is 7.35. The highest BCUT2D eigenvalue weighted by Crippen LogP contribution is 2.24. The monoisotopic (exact) mass is 296 g/mol. The Hall–Kier alpha value is -0.710. The van der Waals surface area contributed by atoms with Crippen LogP contribution < -0.4 is 10.1 Å². The Labute approximate surface area is 128 Å². The molecule has 0 saturated carbocycles. The Morgan fingerprint density at radius 3 is 2.60 bits per heavy atom. The van der Waals surface area contributed by atoms with Crippen molar-refractivity contribution in [1.82, 2.24) is 10.2 Å². The van der Waals surface area contributed by atoms with Crippen LogP contribution in [0.1, 0.15) is 25.0 Å². The van der Waals surface area contributed by atoms with E-state index in [0.717, 1.165) is 37.7 Å². The third kappa shape index (κ3) is 5.73. The molecule has 1 N–H and O–H groups in total. The number of thioether (sulfide) groups is 1. The van der Waals surface area contributed by atoms with Crippen molar-refractivity contribution >= 4 is 11.8 Å². The summed E-state index contributed by atoms with van der Waals surface area (Å²) in [7, 11) is 3.72. The van der Waals surface area contributed by atoms with Gasteiger partial charge in [-0.1, -0.05) is 19.9 Å². The van der Waals surface area contributed by atoms with Gasteiger partial charge in [0.2, 0.25) is 0 Å². The fourth-order valence-corrected chi connectivity index (χ4v) is 3.15. The van der Waals surface area contributed by atoms with Gasteiger partial charge in [0.25, 0.3) is 0 Å². The van der Waals surface area contributed by atoms with Gasteiger partial charge < -0.3 is 15.0 Å². The molecule has 1 aromatic rings. The number of hydrogen-bond acceptors (Lipinski definition) is 4. The van der Waals surface area contributed by atoms with Gasteiger partial charge in [-0.2, -0.15) is 11.8 Å². The molecule has 20 heavy (non-hydrogen) atoms. The summed E-state index contributed by atoms with van der Waals surface area (Å²) in [6.07, 6.45) is 0. The molecule has 0 aromatic heterocycles. The zero-order valence-electron chi connectivity index (χ0n) is 13.2. The smallest absolute Gasteiger partial charge is 0.122 e. The van der Waals surface area contributed by atoms with E-state index in [9.17, 15) is 0 Å². The fourth-order valence-electron chi connectivity index (χ4n) is 2.17. The van der Waals surface area contributed by atoms with Crippen LogP contribution in [0.4, 0.5) is 0 Å². The molecule has 1 aromatic carbocycles. The van der Waals surface area contributed by atoms with Crippen LogP contribution in [0.5, 0.6) is 5.75 Å². The molecule has 0 amide bonds. The molecular weight excluding hydrogens is 268 g/mol. The SMILES string of the molecule is CCN(CC)CCSCc1cc(CNC)ccc1OC. The molecule has 0 bridgehead atoms. The highest BCUT2D eigenvalue weighted by molar-refractivity contribution is 7.98. The largest absolute Gasteiger partial charge is 0.496 e. The van der Waals surface area contributed by atoms with Crippen molar-refractivity contribution in [2.75, 3.05) is 39.5 Å². The van der Waals surface area contributed by atoms with Crippen LogP contribution in [0.2, 0.25) is 0 Å². The molecule has 0 saturated heterocycles. The van der Waals surface area contributed by atoms with Crippen molar-refractivity contribution in [2.24, 2.45) is 0 Å². The molecule has 4 heteroatoms. The van der Waals surface area contributed by atoms with Gasteiger partial charge >= 0.3 is 0 Å². The van der Waals surface area contributed by atoms with E-state index in [2.05, 4.69) is 42.3 Å². The van der Waals surface area contributed by atoms with E-state index in [1.807, 2.05) is 18.8 Å². The Morgan fingerprint density at radius 2 is 2.00 bits per heavy atom. The summed E-state index contributed by atoms with van der Waals surface area (Å²) >= 11 is 1.98. The molecule has 0 radical (unpaired) electrons. The maximum absolute atomic E-state index is 5.45. The number of ether oxygens (including phenoxy) is 1. The molecule has 3 nitrogen and oxygen atoms in total. The molecular formula is C16H28N2OS. The number of methoxy groups -OCH3 is 1. The first kappa shape index (κ1) is 17.3. The minimum Gasteiger partial charge on any atom is -0.496 e. The maximum Gasteiger partial charge on any atom is 0.122 e. The standard InChI is InChI=1S/C16H28N2OS/c1-5-18(6-2)9-10-20-13-15-11-14(12-17-3)7-8-16(15)19-4/h7-8,11,17H,5-6,9-10,12-13H2,1-4H3. The topological polar surface area (TPSA) is 24.5 Å². The summed E-state index contributed by atoms with van der Waals surface area (Å²) in [5.41, 5.74) is 2.61. The number of nitrogens with one attached hydrogen (secondary N) is 1. The summed E-state index contributed by atoms with van der Waals surface area (Å²) in [4.78, 5) is 2.46. The minimum absolute atomic E-state index is 0.904. The maximum atomic E-state index is 5.45. The molecule has 0 atom stereocenters. The lowest BCUT2D eigenvalue weighted by molar-refractivity contribution is 0.324. The molecule has 0 unspecified atom stereocenters. The summed E-state index contributed by atoms with van der Waals surface area (Å²) in [5, 5.41) is 3.19. The number of hydrogen-bond donors (Lipinski definition) is 1. The quantitative estimate of drug-likeness (QED) is 0.671. The second-order valence-corrected chi connectivity index (χ2v) is 5.86. The lowest BCUT2D eigenvalue weighted by Gasteiger charge is -2.17. The van der Waals surface area contributed by atoms with Crippen LogP contribution in [-0.4, -0.2) is 44.4 Å². The van der Waals surface area contributed by atoms with E-state index >= 15 is 0 Å². The van der Waals surface area contributed by atoms with Gasteiger partial charge in [0, 0.05) is 30.2 Å². The van der Waals surface area contributed by atoms with E-state index in [1.165, 1.54) is 16.9 Å². The average Bonchev–Trinajstić information content (AvgIpc) is 2.48. The third-order valence-corrected chi connectivity index (χ3v) is 4.42. The van der Waals surface area contributed by atoms with E-state index in [0.29, 0.717) is 0 Å². The minimum atomic E-state index is 0.904. The molecule has 1 rings (SSSR count). The van der Waals surface area contributed by atoms with E-state index in [4.69, 9.17) is 4.74 Å². The van der Waals surface area contributed by atoms with Gasteiger partial charge in [0.05, 0.1) is 7.11 Å². The van der Waals surface area contributed by atoms with Crippen molar-refractivity contribution in [2.45, 2.75) is 26.1 Å². The Kier molecular flexibility index (Phi) is 8.74. The second kappa shape index (κ2) is 10.1. The van der Waals surface area contributed by atoms with Crippen molar-refractivity contribution in [3.63, 3.8) is 0 Å². The first-order valence-corrected chi connectivity index (χ1v) is 8.51. The van der Waals surface area contributed by atoms with E-state index in [-0.39, 0.29) is 0 Å². The average molecular weight is 296 g/mol. The molecule has 0 aliphatic carbocycles. The Morgan fingerprint density at radius 1 is 1.25 bits per heavy atom. The van der Waals surface area contributed by atoms with Gasteiger partial charge in [-0.3, -0.25) is 0 Å². The Bertz CT molecular complexity index is 381. The fraction of sp³-hybridized carbons (Fsp3) is 0.625. The zero-order chi connectivity index (χ0) is 14.8. The van der Waals surface area contributed by atoms with Gasteiger partial charge in [0.1, 0.15) is 5.75 Å². The highest BCUT2D eigenvalue weighted by Gasteiger charge is 2.05. The van der Waals surface area contributed by atoms with Crippen molar-refractivity contribution < 1.29 is 4.74 Å². The van der Waals surface area contributed by atoms with Gasteiger partial charge in [-0.15, -0.1) is 0 Å². The number of nitrogens with zero attached hydrogens (tertiary/aromatic N) is 1. The normalized spacial score (nSPS) is 11.1. The Balaban J connectivity index is 2.50. The molecule has 0 aliphatic rings. The first-order chi connectivity index (χ1) is 9.74. The van der Waals surface area contributed by atoms with E-state index in [1.54, 1.807) is 7.11 Å². The molecule has 0 heterocycles. The predicted molar refractivity (Wildman–Crippen MR) is 89.7 cm³/mol. The zero-order valence-corrected chi connectivity index (χ0v) is 14.1. The lowest BCUT2D eigenvalue weighted by atomic mass is 10.1. The van der Waals surface area contributed by atoms with Crippen LogP contribution in [0, 0.1) is 0 Å². The molecule has 0 fully saturated rings. The van der Waals surface area contributed by atoms with Gasteiger partial charge in [-0.25, -0.2) is 0 Å². The van der Waals surface area contributed by atoms with Crippen LogP contribution in [0.25, 0.3) is 0 Å². The third-order valence-electron chi connectivity index (χ3n) is 3.43. The molecule has 0 aliphatic heterocycles. The second-order valence-electron chi connectivity index (χ2n) is 4.76. The summed E-state index contributed by atoms with van der Waals surface area (Å²) < 4.78 is 5.45. The lowest BCUT2D eigenvalue weighted by Crippen LogP contribution is -2.25. The summed E-state index contributed by atoms with van der Waals surface area (Å²) in [6, 6.07) is 6.45. The number of benzene rings is 1. The van der Waals surface area contributed by atoms with Gasteiger partial charge in [-0.05, 0) is 37.8 Å². The van der Waals surface area contributed by atoms with Crippen LogP contribution in [0.3, 0.4) is 0 Å². The van der Waals surface area contributed by atoms with Crippen LogP contribution in [-0.2, 0) is 12.3 Å². The van der Waals surface area contributed by atoms with Crippen LogP contribution in [0.15, 0.2) is 18.2 Å². The van der Waals surface area contributed by atoms with E-state index < -0.39 is 0 Å². The van der Waals surface area contributed by atoms with Crippen LogP contribution >= 0.6 is 11.8 Å². The molecule has 0 spiro atoms. The predicted octanol–water partition coefficient (Wildman–Crippen LogP) is 2.99.